The minimum absolute atomic E-state index is 0.0427. The van der Waals surface area contributed by atoms with Gasteiger partial charge in [-0.1, -0.05) is 19.3 Å². The Kier molecular flexibility index (Phi) is 4.69. The van der Waals surface area contributed by atoms with Crippen molar-refractivity contribution in [1.29, 1.82) is 0 Å². The molecule has 14 heavy (non-hydrogen) atoms. The molecule has 0 bridgehead atoms. The summed E-state index contributed by atoms with van der Waals surface area (Å²) in [7, 11) is 0. The van der Waals surface area contributed by atoms with Crippen LogP contribution < -0.4 is 5.32 Å². The number of amides is 1. The predicted octanol–water partition coefficient (Wildman–Crippen LogP) is 1.43. The maximum atomic E-state index is 11.4. The summed E-state index contributed by atoms with van der Waals surface area (Å²) in [6.45, 7) is 0.0427. The van der Waals surface area contributed by atoms with Gasteiger partial charge in [0.05, 0.1) is 12.1 Å². The fourth-order valence-electron chi connectivity index (χ4n) is 2.00. The van der Waals surface area contributed by atoms with Crippen LogP contribution in [0.2, 0.25) is 0 Å². The van der Waals surface area contributed by atoms with Crippen molar-refractivity contribution in [1.82, 2.24) is 5.32 Å². The molecule has 0 aromatic carbocycles. The number of hydrogen-bond donors (Lipinski definition) is 2. The van der Waals surface area contributed by atoms with Gasteiger partial charge in [-0.3, -0.25) is 4.79 Å². The van der Waals surface area contributed by atoms with Gasteiger partial charge in [0.25, 0.3) is 0 Å². The van der Waals surface area contributed by atoms with Crippen LogP contribution in [0.15, 0.2) is 0 Å². The zero-order valence-corrected chi connectivity index (χ0v) is 9.15. The second kappa shape index (κ2) is 5.56. The second-order valence-corrected chi connectivity index (χ2v) is 4.36. The average molecular weight is 220 g/mol. The minimum atomic E-state index is -0.360. The number of carbonyl (C=O) groups excluding carboxylic acids is 1. The molecule has 0 spiro atoms. The molecule has 0 radical (unpaired) electrons. The van der Waals surface area contributed by atoms with E-state index in [0.717, 1.165) is 25.7 Å². The van der Waals surface area contributed by atoms with Crippen LogP contribution in [0.5, 0.6) is 0 Å². The highest BCUT2D eigenvalue weighted by atomic mass is 35.5. The van der Waals surface area contributed by atoms with Gasteiger partial charge in [-0.2, -0.15) is 0 Å². The van der Waals surface area contributed by atoms with E-state index in [4.69, 9.17) is 11.6 Å². The molecule has 2 N–H and O–H groups in total. The average Bonchev–Trinajstić information content (AvgIpc) is 2.19. The zero-order chi connectivity index (χ0) is 10.4. The molecule has 0 saturated heterocycles. The smallest absolute Gasteiger partial charge is 0.221 e. The maximum Gasteiger partial charge on any atom is 0.221 e. The molecule has 1 fully saturated rings. The molecule has 1 saturated carbocycles. The van der Waals surface area contributed by atoms with Crippen molar-refractivity contribution in [3.05, 3.63) is 0 Å². The van der Waals surface area contributed by atoms with Crippen LogP contribution >= 0.6 is 11.6 Å². The Labute approximate surface area is 89.8 Å². The van der Waals surface area contributed by atoms with E-state index in [1.165, 1.54) is 6.42 Å². The van der Waals surface area contributed by atoms with E-state index in [-0.39, 0.29) is 18.1 Å². The summed E-state index contributed by atoms with van der Waals surface area (Å²) in [5.41, 5.74) is -0.360. The van der Waals surface area contributed by atoms with E-state index in [1.54, 1.807) is 0 Å². The van der Waals surface area contributed by atoms with Crippen molar-refractivity contribution >= 4 is 17.5 Å². The molecule has 1 rings (SSSR count). The minimum Gasteiger partial charge on any atom is -0.394 e. The summed E-state index contributed by atoms with van der Waals surface area (Å²) < 4.78 is 0. The summed E-state index contributed by atoms with van der Waals surface area (Å²) >= 11 is 5.48. The van der Waals surface area contributed by atoms with E-state index in [2.05, 4.69) is 5.32 Å². The fourth-order valence-corrected chi connectivity index (χ4v) is 2.17. The van der Waals surface area contributed by atoms with Gasteiger partial charge < -0.3 is 10.4 Å². The fraction of sp³-hybridized carbons (Fsp3) is 0.900. The van der Waals surface area contributed by atoms with Gasteiger partial charge in [0.2, 0.25) is 5.91 Å². The lowest BCUT2D eigenvalue weighted by molar-refractivity contribution is -0.123. The van der Waals surface area contributed by atoms with Gasteiger partial charge in [0.15, 0.2) is 0 Å². The van der Waals surface area contributed by atoms with Gasteiger partial charge >= 0.3 is 0 Å². The molecule has 0 aliphatic heterocycles. The molecule has 3 nitrogen and oxygen atoms in total. The Morgan fingerprint density at radius 2 is 2.00 bits per heavy atom. The molecule has 4 heteroatoms. The maximum absolute atomic E-state index is 11.4. The van der Waals surface area contributed by atoms with Gasteiger partial charge in [0, 0.05) is 12.3 Å². The van der Waals surface area contributed by atoms with E-state index in [0.29, 0.717) is 12.3 Å². The van der Waals surface area contributed by atoms with Gasteiger partial charge in [0.1, 0.15) is 0 Å². The van der Waals surface area contributed by atoms with Crippen molar-refractivity contribution in [2.45, 2.75) is 44.1 Å². The number of hydrogen-bond acceptors (Lipinski definition) is 2. The largest absolute Gasteiger partial charge is 0.394 e. The number of halogens is 1. The summed E-state index contributed by atoms with van der Waals surface area (Å²) in [5.74, 6) is 0.295. The van der Waals surface area contributed by atoms with Crippen molar-refractivity contribution in [3.8, 4) is 0 Å². The van der Waals surface area contributed by atoms with Gasteiger partial charge in [-0.25, -0.2) is 0 Å². The number of alkyl halides is 1. The topological polar surface area (TPSA) is 49.3 Å². The second-order valence-electron chi connectivity index (χ2n) is 3.99. The first kappa shape index (κ1) is 11.8. The molecular weight excluding hydrogens is 202 g/mol. The lowest BCUT2D eigenvalue weighted by Gasteiger charge is -2.36. The van der Waals surface area contributed by atoms with Crippen molar-refractivity contribution in [2.24, 2.45) is 0 Å². The first-order valence-corrected chi connectivity index (χ1v) is 5.74. The number of aliphatic hydroxyl groups is 1. The molecule has 0 unspecified atom stereocenters. The van der Waals surface area contributed by atoms with Gasteiger partial charge in [-0.15, -0.1) is 11.6 Å². The highest BCUT2D eigenvalue weighted by Crippen LogP contribution is 2.27. The van der Waals surface area contributed by atoms with E-state index in [1.807, 2.05) is 0 Å². The first-order chi connectivity index (χ1) is 6.72. The normalized spacial score (nSPS) is 20.4. The molecular formula is C10H18ClNO2. The standard InChI is InChI=1S/C10H18ClNO2/c11-7-4-9(14)12-10(8-13)5-2-1-3-6-10/h13H,1-8H2,(H,12,14). The molecule has 0 heterocycles. The Balaban J connectivity index is 2.47. The quantitative estimate of drug-likeness (QED) is 0.703. The van der Waals surface area contributed by atoms with Crippen LogP contribution in [-0.2, 0) is 4.79 Å². The molecule has 0 aromatic heterocycles. The monoisotopic (exact) mass is 219 g/mol. The highest BCUT2D eigenvalue weighted by molar-refractivity contribution is 6.18. The summed E-state index contributed by atoms with van der Waals surface area (Å²) in [4.78, 5) is 11.4. The highest BCUT2D eigenvalue weighted by Gasteiger charge is 2.32. The number of aliphatic hydroxyl groups excluding tert-OH is 1. The number of nitrogens with one attached hydrogen (secondary N) is 1. The molecule has 82 valence electrons. The third-order valence-corrected chi connectivity index (χ3v) is 3.03. The Bertz CT molecular complexity index is 191. The predicted molar refractivity (Wildman–Crippen MR) is 56.4 cm³/mol. The van der Waals surface area contributed by atoms with Crippen molar-refractivity contribution in [3.63, 3.8) is 0 Å². The first-order valence-electron chi connectivity index (χ1n) is 5.20. The van der Waals surface area contributed by atoms with E-state index >= 15 is 0 Å². The van der Waals surface area contributed by atoms with Crippen LogP contribution in [0.1, 0.15) is 38.5 Å². The van der Waals surface area contributed by atoms with Crippen LogP contribution in [0.4, 0.5) is 0 Å². The summed E-state index contributed by atoms with van der Waals surface area (Å²) in [5, 5.41) is 12.2. The Morgan fingerprint density at radius 3 is 2.50 bits per heavy atom. The van der Waals surface area contributed by atoms with Crippen LogP contribution in [-0.4, -0.2) is 29.0 Å². The number of carbonyl (C=O) groups is 1. The number of rotatable bonds is 4. The SMILES string of the molecule is O=C(CCCl)NC1(CO)CCCCC1. The summed E-state index contributed by atoms with van der Waals surface area (Å²) in [6.07, 6.45) is 5.48. The van der Waals surface area contributed by atoms with Crippen LogP contribution in [0.25, 0.3) is 0 Å². The molecule has 0 aromatic rings. The molecule has 1 aliphatic rings. The zero-order valence-electron chi connectivity index (χ0n) is 8.39. The lowest BCUT2D eigenvalue weighted by atomic mass is 9.82. The summed E-state index contributed by atoms with van der Waals surface area (Å²) in [6, 6.07) is 0. The Morgan fingerprint density at radius 1 is 1.36 bits per heavy atom. The van der Waals surface area contributed by atoms with Gasteiger partial charge in [-0.05, 0) is 12.8 Å². The lowest BCUT2D eigenvalue weighted by Crippen LogP contribution is -2.52. The molecule has 0 atom stereocenters. The van der Waals surface area contributed by atoms with Crippen molar-refractivity contribution in [2.75, 3.05) is 12.5 Å². The van der Waals surface area contributed by atoms with Crippen LogP contribution in [0.3, 0.4) is 0 Å². The van der Waals surface area contributed by atoms with Crippen molar-refractivity contribution < 1.29 is 9.90 Å². The molecule has 1 aliphatic carbocycles. The van der Waals surface area contributed by atoms with E-state index in [9.17, 15) is 9.90 Å². The van der Waals surface area contributed by atoms with Crippen LogP contribution in [0, 0.1) is 0 Å². The van der Waals surface area contributed by atoms with E-state index < -0.39 is 0 Å². The molecule has 1 amide bonds. The Hall–Kier alpha value is -0.280. The third kappa shape index (κ3) is 3.14. The third-order valence-electron chi connectivity index (χ3n) is 2.84.